The highest BCUT2D eigenvalue weighted by Crippen LogP contribution is 1.91. The summed E-state index contributed by atoms with van der Waals surface area (Å²) in [5.74, 6) is -0.222. The van der Waals surface area contributed by atoms with Crippen LogP contribution in [0.2, 0.25) is 0 Å². The van der Waals surface area contributed by atoms with E-state index >= 15 is 0 Å². The lowest BCUT2D eigenvalue weighted by atomic mass is 10.2. The van der Waals surface area contributed by atoms with Crippen LogP contribution in [-0.2, 0) is 4.79 Å². The number of aliphatic hydroxyl groups is 1. The van der Waals surface area contributed by atoms with Gasteiger partial charge in [0.1, 0.15) is 6.17 Å². The number of nitrogens with two attached hydrogens (primary N) is 1. The summed E-state index contributed by atoms with van der Waals surface area (Å²) in [4.78, 5) is 10.4. The van der Waals surface area contributed by atoms with E-state index in [1.807, 2.05) is 0 Å². The lowest BCUT2D eigenvalue weighted by Gasteiger charge is -2.17. The predicted octanol–water partition coefficient (Wildman–Crippen LogP) is -0.822. The highest BCUT2D eigenvalue weighted by atomic mass is 16.3. The summed E-state index contributed by atoms with van der Waals surface area (Å²) in [5.41, 5.74) is 5.35. The van der Waals surface area contributed by atoms with Gasteiger partial charge in [-0.3, -0.25) is 4.79 Å². The van der Waals surface area contributed by atoms with Crippen molar-refractivity contribution in [1.29, 1.82) is 0 Å². The smallest absolute Gasteiger partial charge is 0.218 e. The fraction of sp³-hybridized carbons (Fsp3) is 0.833. The van der Waals surface area contributed by atoms with Crippen LogP contribution in [0.15, 0.2) is 0 Å². The molecule has 0 bridgehead atoms. The van der Waals surface area contributed by atoms with Crippen LogP contribution in [0.25, 0.3) is 0 Å². The number of nitrogens with one attached hydrogen (secondary N) is 1. The molecule has 2 atom stereocenters. The minimum atomic E-state index is -0.649. The molecule has 0 spiro atoms. The van der Waals surface area contributed by atoms with Gasteiger partial charge in [-0.05, 0) is 6.42 Å². The lowest BCUT2D eigenvalue weighted by molar-refractivity contribution is -0.120. The molecule has 0 rings (SSSR count). The molecule has 4 heteroatoms. The third-order valence-electron chi connectivity index (χ3n) is 1.20. The Labute approximate surface area is 60.4 Å². The summed E-state index contributed by atoms with van der Waals surface area (Å²) in [6.07, 6.45) is -0.743. The van der Waals surface area contributed by atoms with Crippen molar-refractivity contribution in [3.8, 4) is 0 Å². The van der Waals surface area contributed by atoms with E-state index < -0.39 is 12.3 Å². The van der Waals surface area contributed by atoms with E-state index in [-0.39, 0.29) is 5.91 Å². The standard InChI is InChI=1S/C6H14N2O2/c1-3-5(10)6(7)8-4(2)9/h5-6,10H,3,7H2,1-2H3,(H,8,9). The molecule has 10 heavy (non-hydrogen) atoms. The molecule has 60 valence electrons. The van der Waals surface area contributed by atoms with Crippen molar-refractivity contribution < 1.29 is 9.90 Å². The Balaban J connectivity index is 3.61. The Hall–Kier alpha value is -0.610. The number of amides is 1. The monoisotopic (exact) mass is 146 g/mol. The van der Waals surface area contributed by atoms with Gasteiger partial charge in [0.05, 0.1) is 6.10 Å². The maximum absolute atomic E-state index is 10.4. The molecular formula is C6H14N2O2. The second-order valence-corrected chi connectivity index (χ2v) is 2.20. The Morgan fingerprint density at radius 3 is 2.60 bits per heavy atom. The van der Waals surface area contributed by atoms with Crippen LogP contribution < -0.4 is 11.1 Å². The van der Waals surface area contributed by atoms with Gasteiger partial charge in [-0.25, -0.2) is 0 Å². The van der Waals surface area contributed by atoms with Crippen LogP contribution in [0.5, 0.6) is 0 Å². The molecule has 0 aliphatic carbocycles. The van der Waals surface area contributed by atoms with Gasteiger partial charge < -0.3 is 16.2 Å². The molecule has 0 aliphatic rings. The van der Waals surface area contributed by atoms with Crippen LogP contribution in [0.4, 0.5) is 0 Å². The average Bonchev–Trinajstić information content (AvgIpc) is 1.85. The summed E-state index contributed by atoms with van der Waals surface area (Å²) in [5, 5.41) is 11.4. The van der Waals surface area contributed by atoms with Crippen molar-refractivity contribution >= 4 is 5.91 Å². The topological polar surface area (TPSA) is 75.3 Å². The molecule has 2 unspecified atom stereocenters. The van der Waals surface area contributed by atoms with Crippen molar-refractivity contribution in [2.24, 2.45) is 5.73 Å². The first-order valence-electron chi connectivity index (χ1n) is 3.28. The highest BCUT2D eigenvalue weighted by Gasteiger charge is 2.11. The molecule has 0 heterocycles. The van der Waals surface area contributed by atoms with E-state index in [9.17, 15) is 4.79 Å². The Bertz CT molecular complexity index is 116. The molecule has 0 aliphatic heterocycles. The molecular weight excluding hydrogens is 132 g/mol. The lowest BCUT2D eigenvalue weighted by Crippen LogP contribution is -2.48. The van der Waals surface area contributed by atoms with Gasteiger partial charge >= 0.3 is 0 Å². The number of hydrogen-bond acceptors (Lipinski definition) is 3. The van der Waals surface area contributed by atoms with E-state index in [1.54, 1.807) is 6.92 Å². The fourth-order valence-corrected chi connectivity index (χ4v) is 0.585. The Kier molecular flexibility index (Phi) is 3.99. The van der Waals surface area contributed by atoms with Crippen molar-refractivity contribution in [3.05, 3.63) is 0 Å². The molecule has 1 amide bonds. The number of carbonyl (C=O) groups excluding carboxylic acids is 1. The summed E-state index contributed by atoms with van der Waals surface area (Å²) in [7, 11) is 0. The largest absolute Gasteiger partial charge is 0.390 e. The molecule has 0 saturated carbocycles. The van der Waals surface area contributed by atoms with Crippen molar-refractivity contribution in [3.63, 3.8) is 0 Å². The molecule has 4 N–H and O–H groups in total. The van der Waals surface area contributed by atoms with E-state index in [1.165, 1.54) is 6.92 Å². The fourth-order valence-electron chi connectivity index (χ4n) is 0.585. The summed E-state index contributed by atoms with van der Waals surface area (Å²) in [6, 6.07) is 0. The Morgan fingerprint density at radius 2 is 2.30 bits per heavy atom. The number of rotatable bonds is 3. The van der Waals surface area contributed by atoms with Crippen LogP contribution in [0.1, 0.15) is 20.3 Å². The van der Waals surface area contributed by atoms with Gasteiger partial charge in [0, 0.05) is 6.92 Å². The quantitative estimate of drug-likeness (QED) is 0.455. The first kappa shape index (κ1) is 9.39. The van der Waals surface area contributed by atoms with Crippen LogP contribution >= 0.6 is 0 Å². The Morgan fingerprint density at radius 1 is 1.80 bits per heavy atom. The summed E-state index contributed by atoms with van der Waals surface area (Å²) < 4.78 is 0. The number of hydrogen-bond donors (Lipinski definition) is 3. The zero-order valence-electron chi connectivity index (χ0n) is 6.29. The molecule has 0 aromatic carbocycles. The van der Waals surface area contributed by atoms with Crippen molar-refractivity contribution in [1.82, 2.24) is 5.32 Å². The third-order valence-corrected chi connectivity index (χ3v) is 1.20. The first-order valence-corrected chi connectivity index (χ1v) is 3.28. The highest BCUT2D eigenvalue weighted by molar-refractivity contribution is 5.73. The first-order chi connectivity index (χ1) is 4.57. The van der Waals surface area contributed by atoms with Crippen molar-refractivity contribution in [2.75, 3.05) is 0 Å². The molecule has 0 radical (unpaired) electrons. The maximum Gasteiger partial charge on any atom is 0.218 e. The summed E-state index contributed by atoms with van der Waals surface area (Å²) >= 11 is 0. The van der Waals surface area contributed by atoms with Crippen LogP contribution in [0.3, 0.4) is 0 Å². The van der Waals surface area contributed by atoms with Gasteiger partial charge in [-0.1, -0.05) is 6.92 Å². The van der Waals surface area contributed by atoms with E-state index in [2.05, 4.69) is 5.32 Å². The van der Waals surface area contributed by atoms with Gasteiger partial charge in [0.25, 0.3) is 0 Å². The second-order valence-electron chi connectivity index (χ2n) is 2.20. The minimum absolute atomic E-state index is 0.222. The zero-order chi connectivity index (χ0) is 8.15. The van der Waals surface area contributed by atoms with Gasteiger partial charge in [-0.15, -0.1) is 0 Å². The van der Waals surface area contributed by atoms with Gasteiger partial charge in [-0.2, -0.15) is 0 Å². The average molecular weight is 146 g/mol. The zero-order valence-corrected chi connectivity index (χ0v) is 6.29. The van der Waals surface area contributed by atoms with E-state index in [0.717, 1.165) is 0 Å². The van der Waals surface area contributed by atoms with E-state index in [0.29, 0.717) is 6.42 Å². The maximum atomic E-state index is 10.4. The predicted molar refractivity (Wildman–Crippen MR) is 38.1 cm³/mol. The molecule has 0 saturated heterocycles. The van der Waals surface area contributed by atoms with E-state index in [4.69, 9.17) is 10.8 Å². The molecule has 0 aromatic rings. The van der Waals surface area contributed by atoms with Gasteiger partial charge in [0.2, 0.25) is 5.91 Å². The number of carbonyl (C=O) groups is 1. The minimum Gasteiger partial charge on any atom is -0.390 e. The third kappa shape index (κ3) is 3.42. The number of aliphatic hydroxyl groups excluding tert-OH is 1. The SMILES string of the molecule is CCC(O)C(N)NC(C)=O. The van der Waals surface area contributed by atoms with Crippen LogP contribution in [0, 0.1) is 0 Å². The normalized spacial score (nSPS) is 16.0. The van der Waals surface area contributed by atoms with Gasteiger partial charge in [0.15, 0.2) is 0 Å². The molecule has 0 fully saturated rings. The molecule has 0 aromatic heterocycles. The summed E-state index contributed by atoms with van der Waals surface area (Å²) in [6.45, 7) is 3.16. The van der Waals surface area contributed by atoms with Crippen molar-refractivity contribution in [2.45, 2.75) is 32.5 Å². The van der Waals surface area contributed by atoms with Crippen LogP contribution in [-0.4, -0.2) is 23.3 Å². The second kappa shape index (κ2) is 4.24. The molecule has 4 nitrogen and oxygen atoms in total.